The summed E-state index contributed by atoms with van der Waals surface area (Å²) in [5.41, 5.74) is 1.07. The maximum Gasteiger partial charge on any atom is 0.321 e. The Kier molecular flexibility index (Phi) is 6.24. The molecule has 0 bridgehead atoms. The summed E-state index contributed by atoms with van der Waals surface area (Å²) in [5.74, 6) is -0.436. The van der Waals surface area contributed by atoms with Crippen molar-refractivity contribution in [2.75, 3.05) is 16.3 Å². The monoisotopic (exact) mass is 368 g/mol. The molecule has 1 fully saturated rings. The van der Waals surface area contributed by atoms with Crippen LogP contribution in [0.25, 0.3) is 0 Å². The molecule has 2 rings (SSSR count). The average molecular weight is 368 g/mol. The summed E-state index contributed by atoms with van der Waals surface area (Å²) in [6.07, 6.45) is 5.16. The van der Waals surface area contributed by atoms with Gasteiger partial charge in [0.15, 0.2) is 0 Å². The fourth-order valence-electron chi connectivity index (χ4n) is 2.68. The summed E-state index contributed by atoms with van der Waals surface area (Å²) in [5, 5.41) is 8.08. The summed E-state index contributed by atoms with van der Waals surface area (Å²) in [7, 11) is -3.33. The van der Waals surface area contributed by atoms with Crippen molar-refractivity contribution >= 4 is 33.3 Å². The molecule has 0 heterocycles. The number of imide groups is 1. The lowest BCUT2D eigenvalue weighted by Crippen LogP contribution is -2.48. The fourth-order valence-corrected chi connectivity index (χ4v) is 3.24. The SMILES string of the molecule is CC(Nc1ccc(NS(C)(=O)=O)cc1)C(=O)NC(=O)NC1CCCC1. The van der Waals surface area contributed by atoms with Crippen LogP contribution in [0.3, 0.4) is 0 Å². The van der Waals surface area contributed by atoms with E-state index in [1.807, 2.05) is 0 Å². The minimum Gasteiger partial charge on any atom is -0.374 e. The number of rotatable bonds is 6. The number of hydrogen-bond donors (Lipinski definition) is 4. The van der Waals surface area contributed by atoms with Gasteiger partial charge >= 0.3 is 6.03 Å². The first-order chi connectivity index (χ1) is 11.7. The Labute approximate surface area is 147 Å². The van der Waals surface area contributed by atoms with Gasteiger partial charge in [0.1, 0.15) is 6.04 Å². The van der Waals surface area contributed by atoms with E-state index in [4.69, 9.17) is 0 Å². The fraction of sp³-hybridized carbons (Fsp3) is 0.500. The van der Waals surface area contributed by atoms with Crippen LogP contribution < -0.4 is 20.7 Å². The predicted molar refractivity (Wildman–Crippen MR) is 96.9 cm³/mol. The molecule has 3 amide bonds. The summed E-state index contributed by atoms with van der Waals surface area (Å²) < 4.78 is 24.7. The van der Waals surface area contributed by atoms with E-state index in [-0.39, 0.29) is 6.04 Å². The summed E-state index contributed by atoms with van der Waals surface area (Å²) in [6, 6.07) is 5.51. The van der Waals surface area contributed by atoms with Crippen molar-refractivity contribution in [1.29, 1.82) is 0 Å². The van der Waals surface area contributed by atoms with Gasteiger partial charge in [-0.25, -0.2) is 13.2 Å². The highest BCUT2D eigenvalue weighted by Gasteiger charge is 2.20. The van der Waals surface area contributed by atoms with Crippen molar-refractivity contribution in [2.24, 2.45) is 0 Å². The van der Waals surface area contributed by atoms with Crippen LogP contribution in [0.5, 0.6) is 0 Å². The number of carbonyl (C=O) groups excluding carboxylic acids is 2. The molecule has 1 atom stereocenters. The van der Waals surface area contributed by atoms with Crippen LogP contribution >= 0.6 is 0 Å². The molecular formula is C16H24N4O4S. The zero-order valence-corrected chi connectivity index (χ0v) is 15.2. The van der Waals surface area contributed by atoms with Gasteiger partial charge in [0.2, 0.25) is 15.9 Å². The van der Waals surface area contributed by atoms with E-state index in [1.54, 1.807) is 31.2 Å². The normalized spacial score (nSPS) is 16.1. The molecule has 0 spiro atoms. The lowest BCUT2D eigenvalue weighted by atomic mass is 10.2. The van der Waals surface area contributed by atoms with E-state index >= 15 is 0 Å². The Bertz CT molecular complexity index is 712. The van der Waals surface area contributed by atoms with E-state index in [0.29, 0.717) is 11.4 Å². The molecule has 138 valence electrons. The number of nitrogens with one attached hydrogen (secondary N) is 4. The highest BCUT2D eigenvalue weighted by molar-refractivity contribution is 7.92. The maximum absolute atomic E-state index is 12.1. The van der Waals surface area contributed by atoms with Gasteiger partial charge in [-0.3, -0.25) is 14.8 Å². The molecule has 1 aromatic rings. The van der Waals surface area contributed by atoms with Gasteiger partial charge in [-0.15, -0.1) is 0 Å². The second kappa shape index (κ2) is 8.19. The van der Waals surface area contributed by atoms with Crippen LogP contribution in [-0.4, -0.2) is 38.7 Å². The topological polar surface area (TPSA) is 116 Å². The molecule has 1 aromatic carbocycles. The Hall–Kier alpha value is -2.29. The summed E-state index contributed by atoms with van der Waals surface area (Å²) in [4.78, 5) is 23.9. The van der Waals surface area contributed by atoms with Crippen LogP contribution in [0.1, 0.15) is 32.6 Å². The Balaban J connectivity index is 1.82. The van der Waals surface area contributed by atoms with Crippen LogP contribution in [0, 0.1) is 0 Å². The van der Waals surface area contributed by atoms with Gasteiger partial charge < -0.3 is 10.6 Å². The van der Waals surface area contributed by atoms with Gasteiger partial charge in [-0.2, -0.15) is 0 Å². The van der Waals surface area contributed by atoms with E-state index in [9.17, 15) is 18.0 Å². The first-order valence-corrected chi connectivity index (χ1v) is 10.1. The van der Waals surface area contributed by atoms with Gasteiger partial charge in [-0.05, 0) is 44.0 Å². The number of hydrogen-bond acceptors (Lipinski definition) is 5. The average Bonchev–Trinajstić information content (AvgIpc) is 3.00. The van der Waals surface area contributed by atoms with Crippen LogP contribution in [0.2, 0.25) is 0 Å². The van der Waals surface area contributed by atoms with Crippen LogP contribution in [0.15, 0.2) is 24.3 Å². The standard InChI is InChI=1S/C16H24N4O4S/c1-11(15(21)19-16(22)18-12-5-3-4-6-12)17-13-7-9-14(10-8-13)20-25(2,23)24/h7-12,17,20H,3-6H2,1-2H3,(H2,18,19,21,22). The third-order valence-corrected chi connectivity index (χ3v) is 4.50. The number of anilines is 2. The van der Waals surface area contributed by atoms with Crippen molar-refractivity contribution in [3.05, 3.63) is 24.3 Å². The van der Waals surface area contributed by atoms with Gasteiger partial charge in [0.05, 0.1) is 6.26 Å². The van der Waals surface area contributed by atoms with Crippen LogP contribution in [-0.2, 0) is 14.8 Å². The third kappa shape index (κ3) is 6.61. The first-order valence-electron chi connectivity index (χ1n) is 8.19. The highest BCUT2D eigenvalue weighted by atomic mass is 32.2. The van der Waals surface area contributed by atoms with E-state index in [0.717, 1.165) is 31.9 Å². The highest BCUT2D eigenvalue weighted by Crippen LogP contribution is 2.17. The number of sulfonamides is 1. The molecule has 9 heteroatoms. The molecular weight excluding hydrogens is 344 g/mol. The number of benzene rings is 1. The lowest BCUT2D eigenvalue weighted by Gasteiger charge is -2.17. The van der Waals surface area contributed by atoms with Crippen molar-refractivity contribution in [3.63, 3.8) is 0 Å². The van der Waals surface area contributed by atoms with Crippen molar-refractivity contribution in [2.45, 2.75) is 44.7 Å². The molecule has 1 saturated carbocycles. The van der Waals surface area contributed by atoms with Crippen molar-refractivity contribution < 1.29 is 18.0 Å². The molecule has 1 aliphatic rings. The Morgan fingerprint density at radius 1 is 1.08 bits per heavy atom. The molecule has 4 N–H and O–H groups in total. The van der Waals surface area contributed by atoms with Crippen molar-refractivity contribution in [1.82, 2.24) is 10.6 Å². The predicted octanol–water partition coefficient (Wildman–Crippen LogP) is 1.63. The Morgan fingerprint density at radius 3 is 2.20 bits per heavy atom. The zero-order chi connectivity index (χ0) is 18.4. The second-order valence-electron chi connectivity index (χ2n) is 6.26. The molecule has 8 nitrogen and oxygen atoms in total. The molecule has 0 aliphatic heterocycles. The minimum atomic E-state index is -3.33. The molecule has 0 saturated heterocycles. The molecule has 25 heavy (non-hydrogen) atoms. The van der Waals surface area contributed by atoms with Gasteiger partial charge in [-0.1, -0.05) is 12.8 Å². The van der Waals surface area contributed by atoms with Crippen LogP contribution in [0.4, 0.5) is 16.2 Å². The van der Waals surface area contributed by atoms with Gasteiger partial charge in [0.25, 0.3) is 0 Å². The third-order valence-electron chi connectivity index (χ3n) is 3.89. The maximum atomic E-state index is 12.1. The lowest BCUT2D eigenvalue weighted by molar-refractivity contribution is -0.120. The molecule has 1 aliphatic carbocycles. The van der Waals surface area contributed by atoms with E-state index < -0.39 is 28.0 Å². The molecule has 0 aromatic heterocycles. The number of amides is 3. The minimum absolute atomic E-state index is 0.144. The zero-order valence-electron chi connectivity index (χ0n) is 14.3. The second-order valence-corrected chi connectivity index (χ2v) is 8.01. The first kappa shape index (κ1) is 19.0. The summed E-state index contributed by atoms with van der Waals surface area (Å²) >= 11 is 0. The number of urea groups is 1. The summed E-state index contributed by atoms with van der Waals surface area (Å²) in [6.45, 7) is 1.64. The largest absolute Gasteiger partial charge is 0.374 e. The van der Waals surface area contributed by atoms with E-state index in [1.165, 1.54) is 0 Å². The smallest absolute Gasteiger partial charge is 0.321 e. The Morgan fingerprint density at radius 2 is 1.64 bits per heavy atom. The van der Waals surface area contributed by atoms with Gasteiger partial charge in [0, 0.05) is 17.4 Å². The number of carbonyl (C=O) groups is 2. The van der Waals surface area contributed by atoms with E-state index in [2.05, 4.69) is 20.7 Å². The van der Waals surface area contributed by atoms with Crippen molar-refractivity contribution in [3.8, 4) is 0 Å². The molecule has 0 radical (unpaired) electrons. The molecule has 1 unspecified atom stereocenters. The quantitative estimate of drug-likeness (QED) is 0.609.